The maximum absolute atomic E-state index is 14.3. The van der Waals surface area contributed by atoms with Gasteiger partial charge in [-0.05, 0) is 60.9 Å². The molecule has 4 aromatic rings. The Morgan fingerprint density at radius 2 is 1.40 bits per heavy atom. The molecule has 4 aromatic carbocycles. The normalized spacial score (nSPS) is 11.9. The number of anilines is 1. The van der Waals surface area contributed by atoms with Crippen LogP contribution in [0.4, 0.5) is 10.1 Å². The summed E-state index contributed by atoms with van der Waals surface area (Å²) in [7, 11) is -4.29. The first kappa shape index (κ1) is 31.4. The summed E-state index contributed by atoms with van der Waals surface area (Å²) < 4.78 is 42.6. The van der Waals surface area contributed by atoms with Crippen molar-refractivity contribution in [3.8, 4) is 0 Å². The van der Waals surface area contributed by atoms with Gasteiger partial charge in [0.25, 0.3) is 10.0 Å². The minimum atomic E-state index is -4.29. The first-order valence-electron chi connectivity index (χ1n) is 14.2. The molecule has 0 spiro atoms. The SMILES string of the molecule is CCCNC(=O)[C@@H](Cc1ccccc1)N(Cc1ccccc1)C(=O)CN(c1ccc(C)cc1)S(=O)(=O)c1ccc(F)cc1. The summed E-state index contributed by atoms with van der Waals surface area (Å²) in [5.41, 5.74) is 2.84. The zero-order valence-corrected chi connectivity index (χ0v) is 25.1. The molecule has 0 unspecified atom stereocenters. The molecule has 0 heterocycles. The number of sulfonamides is 1. The second-order valence-corrected chi connectivity index (χ2v) is 12.2. The Balaban J connectivity index is 1.77. The number of hydrogen-bond acceptors (Lipinski definition) is 4. The second kappa shape index (κ2) is 14.6. The maximum atomic E-state index is 14.3. The van der Waals surface area contributed by atoms with Crippen molar-refractivity contribution in [2.45, 2.75) is 44.2 Å². The molecule has 0 aliphatic carbocycles. The molecule has 7 nitrogen and oxygen atoms in total. The number of nitrogens with one attached hydrogen (secondary N) is 1. The van der Waals surface area contributed by atoms with Crippen LogP contribution in [0.2, 0.25) is 0 Å². The largest absolute Gasteiger partial charge is 0.354 e. The van der Waals surface area contributed by atoms with Crippen molar-refractivity contribution in [1.82, 2.24) is 10.2 Å². The molecule has 1 N–H and O–H groups in total. The van der Waals surface area contributed by atoms with Gasteiger partial charge in [-0.15, -0.1) is 0 Å². The quantitative estimate of drug-likeness (QED) is 0.219. The van der Waals surface area contributed by atoms with Crippen molar-refractivity contribution in [2.24, 2.45) is 0 Å². The van der Waals surface area contributed by atoms with E-state index >= 15 is 0 Å². The monoisotopic (exact) mass is 601 g/mol. The average molecular weight is 602 g/mol. The molecule has 0 aromatic heterocycles. The van der Waals surface area contributed by atoms with Crippen LogP contribution in [0.3, 0.4) is 0 Å². The van der Waals surface area contributed by atoms with Crippen LogP contribution in [0.5, 0.6) is 0 Å². The molecular formula is C34H36FN3O4S. The van der Waals surface area contributed by atoms with Crippen LogP contribution in [0.25, 0.3) is 0 Å². The van der Waals surface area contributed by atoms with Gasteiger partial charge in [-0.25, -0.2) is 12.8 Å². The summed E-state index contributed by atoms with van der Waals surface area (Å²) in [4.78, 5) is 29.2. The predicted octanol–water partition coefficient (Wildman–Crippen LogP) is 5.50. The Bertz CT molecular complexity index is 1600. The highest BCUT2D eigenvalue weighted by Crippen LogP contribution is 2.25. The fraction of sp³-hybridized carbons (Fsp3) is 0.235. The van der Waals surface area contributed by atoms with Crippen LogP contribution < -0.4 is 9.62 Å². The highest BCUT2D eigenvalue weighted by atomic mass is 32.2. The van der Waals surface area contributed by atoms with Crippen LogP contribution >= 0.6 is 0 Å². The smallest absolute Gasteiger partial charge is 0.264 e. The van der Waals surface area contributed by atoms with E-state index in [1.54, 1.807) is 24.3 Å². The van der Waals surface area contributed by atoms with Gasteiger partial charge in [0.15, 0.2) is 0 Å². The van der Waals surface area contributed by atoms with Crippen LogP contribution in [0.15, 0.2) is 114 Å². The third-order valence-electron chi connectivity index (χ3n) is 7.02. The molecule has 0 fully saturated rings. The molecule has 0 saturated heterocycles. The second-order valence-electron chi connectivity index (χ2n) is 10.3. The van der Waals surface area contributed by atoms with E-state index in [-0.39, 0.29) is 29.5 Å². The number of carbonyl (C=O) groups is 2. The number of halogens is 1. The third-order valence-corrected chi connectivity index (χ3v) is 8.81. The molecule has 4 rings (SSSR count). The van der Waals surface area contributed by atoms with Crippen molar-refractivity contribution in [3.63, 3.8) is 0 Å². The summed E-state index contributed by atoms with van der Waals surface area (Å²) >= 11 is 0. The molecule has 0 aliphatic rings. The zero-order chi connectivity index (χ0) is 30.8. The molecule has 2 amide bonds. The van der Waals surface area contributed by atoms with Gasteiger partial charge in [0.1, 0.15) is 18.4 Å². The Morgan fingerprint density at radius 3 is 1.98 bits per heavy atom. The van der Waals surface area contributed by atoms with Crippen LogP contribution in [0.1, 0.15) is 30.0 Å². The van der Waals surface area contributed by atoms with Gasteiger partial charge in [-0.1, -0.05) is 85.3 Å². The predicted molar refractivity (Wildman–Crippen MR) is 166 cm³/mol. The van der Waals surface area contributed by atoms with E-state index < -0.39 is 34.3 Å². The van der Waals surface area contributed by atoms with Crippen LogP contribution in [0, 0.1) is 12.7 Å². The highest BCUT2D eigenvalue weighted by molar-refractivity contribution is 7.92. The van der Waals surface area contributed by atoms with Gasteiger partial charge in [-0.2, -0.15) is 0 Å². The van der Waals surface area contributed by atoms with E-state index in [1.165, 1.54) is 17.0 Å². The van der Waals surface area contributed by atoms with Gasteiger partial charge >= 0.3 is 0 Å². The molecule has 0 radical (unpaired) electrons. The zero-order valence-electron chi connectivity index (χ0n) is 24.3. The van der Waals surface area contributed by atoms with Crippen molar-refractivity contribution in [3.05, 3.63) is 132 Å². The van der Waals surface area contributed by atoms with Crippen LogP contribution in [-0.2, 0) is 32.6 Å². The number of aryl methyl sites for hydroxylation is 1. The molecule has 43 heavy (non-hydrogen) atoms. The Kier molecular flexibility index (Phi) is 10.7. The number of hydrogen-bond donors (Lipinski definition) is 1. The molecule has 0 saturated carbocycles. The van der Waals surface area contributed by atoms with Gasteiger partial charge in [0, 0.05) is 19.5 Å². The number of benzene rings is 4. The minimum Gasteiger partial charge on any atom is -0.354 e. The third kappa shape index (κ3) is 8.29. The van der Waals surface area contributed by atoms with Crippen molar-refractivity contribution >= 4 is 27.5 Å². The molecular weight excluding hydrogens is 565 g/mol. The Labute approximate surface area is 253 Å². The lowest BCUT2D eigenvalue weighted by Gasteiger charge is -2.34. The van der Waals surface area contributed by atoms with Crippen molar-refractivity contribution < 1.29 is 22.4 Å². The standard InChI is InChI=1S/C34H36FN3O4S/c1-3-22-36-34(40)32(23-27-10-6-4-7-11-27)37(24-28-12-8-5-9-13-28)33(39)25-38(30-18-14-26(2)15-19-30)43(41,42)31-20-16-29(35)17-21-31/h4-21,32H,3,22-25H2,1-2H3,(H,36,40)/t32-/m1/s1. The maximum Gasteiger partial charge on any atom is 0.264 e. The molecule has 1 atom stereocenters. The van der Waals surface area contributed by atoms with E-state index in [0.717, 1.165) is 33.1 Å². The summed E-state index contributed by atoms with van der Waals surface area (Å²) in [6.45, 7) is 3.78. The van der Waals surface area contributed by atoms with Gasteiger partial charge < -0.3 is 10.2 Å². The Hall–Kier alpha value is -4.50. The fourth-order valence-corrected chi connectivity index (χ4v) is 6.09. The summed E-state index contributed by atoms with van der Waals surface area (Å²) in [5, 5.41) is 2.93. The lowest BCUT2D eigenvalue weighted by molar-refractivity contribution is -0.140. The van der Waals surface area contributed by atoms with Gasteiger partial charge in [0.2, 0.25) is 11.8 Å². The fourth-order valence-electron chi connectivity index (χ4n) is 4.67. The van der Waals surface area contributed by atoms with Crippen molar-refractivity contribution in [2.75, 3.05) is 17.4 Å². The molecule has 224 valence electrons. The van der Waals surface area contributed by atoms with E-state index in [4.69, 9.17) is 0 Å². The molecule has 0 bridgehead atoms. The average Bonchev–Trinajstić information content (AvgIpc) is 3.02. The number of carbonyl (C=O) groups excluding carboxylic acids is 2. The van der Waals surface area contributed by atoms with Gasteiger partial charge in [-0.3, -0.25) is 13.9 Å². The Morgan fingerprint density at radius 1 is 0.814 bits per heavy atom. The van der Waals surface area contributed by atoms with E-state index in [9.17, 15) is 22.4 Å². The topological polar surface area (TPSA) is 86.8 Å². The van der Waals surface area contributed by atoms with E-state index in [1.807, 2.05) is 74.5 Å². The summed E-state index contributed by atoms with van der Waals surface area (Å²) in [5.74, 6) is -1.45. The summed E-state index contributed by atoms with van der Waals surface area (Å²) in [6, 6.07) is 29.0. The summed E-state index contributed by atoms with van der Waals surface area (Å²) in [6.07, 6.45) is 0.956. The van der Waals surface area contributed by atoms with Crippen LogP contribution in [-0.4, -0.2) is 44.3 Å². The lowest BCUT2D eigenvalue weighted by Crippen LogP contribution is -2.53. The first-order valence-corrected chi connectivity index (χ1v) is 15.6. The molecule has 0 aliphatic heterocycles. The highest BCUT2D eigenvalue weighted by Gasteiger charge is 2.34. The number of nitrogens with zero attached hydrogens (tertiary/aromatic N) is 2. The molecule has 9 heteroatoms. The first-order chi connectivity index (χ1) is 20.7. The minimum absolute atomic E-state index is 0.0923. The van der Waals surface area contributed by atoms with Crippen molar-refractivity contribution in [1.29, 1.82) is 0 Å². The number of amides is 2. The lowest BCUT2D eigenvalue weighted by atomic mass is 10.0. The van der Waals surface area contributed by atoms with Gasteiger partial charge in [0.05, 0.1) is 10.6 Å². The van der Waals surface area contributed by atoms with E-state index in [2.05, 4.69) is 5.32 Å². The van der Waals surface area contributed by atoms with E-state index in [0.29, 0.717) is 13.0 Å². The number of rotatable bonds is 13.